The third-order valence-electron chi connectivity index (χ3n) is 4.27. The number of hydrogen-bond donors (Lipinski definition) is 1. The van der Waals surface area contributed by atoms with E-state index in [0.29, 0.717) is 5.92 Å². The molecule has 3 nitrogen and oxygen atoms in total. The minimum Gasteiger partial charge on any atom is -0.395 e. The van der Waals surface area contributed by atoms with E-state index in [4.69, 9.17) is 5.11 Å². The Labute approximate surface area is 125 Å². The Bertz CT molecular complexity index is 266. The second-order valence-electron chi connectivity index (χ2n) is 6.12. The average Bonchev–Trinajstić information content (AvgIpc) is 2.90. The fourth-order valence-electron chi connectivity index (χ4n) is 3.03. The van der Waals surface area contributed by atoms with Gasteiger partial charge in [0.1, 0.15) is 5.84 Å². The van der Waals surface area contributed by atoms with Gasteiger partial charge >= 0.3 is 0 Å². The Morgan fingerprint density at radius 3 is 2.40 bits per heavy atom. The molecule has 0 aromatic heterocycles. The topological polar surface area (TPSA) is 35.8 Å². The van der Waals surface area contributed by atoms with Crippen molar-refractivity contribution in [2.24, 2.45) is 10.9 Å². The van der Waals surface area contributed by atoms with Crippen LogP contribution in [0.3, 0.4) is 0 Å². The van der Waals surface area contributed by atoms with Gasteiger partial charge in [-0.05, 0) is 6.42 Å². The van der Waals surface area contributed by atoms with E-state index < -0.39 is 0 Å². The average molecular weight is 282 g/mol. The van der Waals surface area contributed by atoms with Crippen molar-refractivity contribution >= 4 is 5.84 Å². The Balaban J connectivity index is 2.04. The summed E-state index contributed by atoms with van der Waals surface area (Å²) in [4.78, 5) is 6.88. The van der Waals surface area contributed by atoms with Crippen LogP contribution in [0.25, 0.3) is 0 Å². The van der Waals surface area contributed by atoms with Crippen molar-refractivity contribution in [2.45, 2.75) is 71.6 Å². The number of rotatable bonds is 12. The Hall–Kier alpha value is -0.570. The monoisotopic (exact) mass is 282 g/mol. The van der Waals surface area contributed by atoms with Crippen molar-refractivity contribution in [3.63, 3.8) is 0 Å². The van der Waals surface area contributed by atoms with Gasteiger partial charge in [0.2, 0.25) is 0 Å². The molecule has 1 N–H and O–H groups in total. The first-order valence-electron chi connectivity index (χ1n) is 8.69. The van der Waals surface area contributed by atoms with Gasteiger partial charge in [0, 0.05) is 19.0 Å². The number of unbranched alkanes of at least 4 members (excludes halogenated alkanes) is 7. The van der Waals surface area contributed by atoms with E-state index in [1.807, 2.05) is 0 Å². The highest BCUT2D eigenvalue weighted by atomic mass is 16.3. The summed E-state index contributed by atoms with van der Waals surface area (Å²) in [5.41, 5.74) is 0. The number of hydrogen-bond acceptors (Lipinski definition) is 3. The van der Waals surface area contributed by atoms with Gasteiger partial charge in [0.25, 0.3) is 0 Å². The van der Waals surface area contributed by atoms with E-state index in [-0.39, 0.29) is 6.61 Å². The van der Waals surface area contributed by atoms with Gasteiger partial charge in [-0.25, -0.2) is 0 Å². The van der Waals surface area contributed by atoms with E-state index in [1.54, 1.807) is 0 Å². The molecule has 0 radical (unpaired) electrons. The third-order valence-corrected chi connectivity index (χ3v) is 4.27. The van der Waals surface area contributed by atoms with Crippen molar-refractivity contribution in [3.8, 4) is 0 Å². The highest BCUT2D eigenvalue weighted by Crippen LogP contribution is 2.18. The number of amidine groups is 1. The maximum absolute atomic E-state index is 9.06. The summed E-state index contributed by atoms with van der Waals surface area (Å²) in [7, 11) is 0. The molecular weight excluding hydrogens is 248 g/mol. The lowest BCUT2D eigenvalue weighted by Gasteiger charge is -2.23. The van der Waals surface area contributed by atoms with Crippen molar-refractivity contribution in [2.75, 3.05) is 26.2 Å². The molecule has 0 saturated heterocycles. The zero-order chi connectivity index (χ0) is 14.6. The predicted molar refractivity (Wildman–Crippen MR) is 87.4 cm³/mol. The van der Waals surface area contributed by atoms with Crippen LogP contribution < -0.4 is 0 Å². The van der Waals surface area contributed by atoms with Gasteiger partial charge in [-0.1, -0.05) is 65.2 Å². The van der Waals surface area contributed by atoms with Crippen LogP contribution in [0.5, 0.6) is 0 Å². The van der Waals surface area contributed by atoms with Crippen LogP contribution in [-0.2, 0) is 0 Å². The smallest absolute Gasteiger partial charge is 0.102 e. The molecule has 1 rings (SSSR count). The SMILES string of the molecule is CCCCCCCCCCC(C)C1=NCCN1CCO. The molecule has 0 aromatic carbocycles. The summed E-state index contributed by atoms with van der Waals surface area (Å²) in [5.74, 6) is 1.80. The first-order valence-corrected chi connectivity index (χ1v) is 8.69. The number of aliphatic hydroxyl groups is 1. The summed E-state index contributed by atoms with van der Waals surface area (Å²) in [6, 6.07) is 0. The number of aliphatic imine (C=N–C) groups is 1. The zero-order valence-electron chi connectivity index (χ0n) is 13.6. The molecule has 1 atom stereocenters. The molecular formula is C17H34N2O. The van der Waals surface area contributed by atoms with Crippen molar-refractivity contribution < 1.29 is 5.11 Å². The summed E-state index contributed by atoms with van der Waals surface area (Å²) in [6.07, 6.45) is 12.3. The lowest BCUT2D eigenvalue weighted by atomic mass is 10.00. The van der Waals surface area contributed by atoms with Crippen molar-refractivity contribution in [1.82, 2.24) is 4.90 Å². The normalized spacial score (nSPS) is 16.6. The third kappa shape index (κ3) is 6.74. The Kier molecular flexibility index (Phi) is 9.73. The van der Waals surface area contributed by atoms with Crippen LogP contribution in [0.15, 0.2) is 4.99 Å². The van der Waals surface area contributed by atoms with Gasteiger partial charge in [-0.2, -0.15) is 0 Å². The highest BCUT2D eigenvalue weighted by Gasteiger charge is 2.21. The summed E-state index contributed by atoms with van der Waals surface area (Å²) < 4.78 is 0. The van der Waals surface area contributed by atoms with Crippen LogP contribution in [0.4, 0.5) is 0 Å². The largest absolute Gasteiger partial charge is 0.395 e. The molecule has 0 saturated carbocycles. The minimum absolute atomic E-state index is 0.240. The highest BCUT2D eigenvalue weighted by molar-refractivity contribution is 5.85. The van der Waals surface area contributed by atoms with Gasteiger partial charge in [0.15, 0.2) is 0 Å². The lowest BCUT2D eigenvalue weighted by molar-refractivity contribution is 0.252. The molecule has 1 heterocycles. The fraction of sp³-hybridized carbons (Fsp3) is 0.941. The molecule has 0 aliphatic carbocycles. The van der Waals surface area contributed by atoms with Crippen LogP contribution in [-0.4, -0.2) is 42.1 Å². The molecule has 0 fully saturated rings. The van der Waals surface area contributed by atoms with Gasteiger partial charge in [-0.15, -0.1) is 0 Å². The molecule has 3 heteroatoms. The summed E-state index contributed by atoms with van der Waals surface area (Å²) >= 11 is 0. The predicted octanol–water partition coefficient (Wildman–Crippen LogP) is 3.86. The second-order valence-corrected chi connectivity index (χ2v) is 6.12. The number of nitrogens with zero attached hydrogens (tertiary/aromatic N) is 2. The van der Waals surface area contributed by atoms with E-state index in [0.717, 1.165) is 19.6 Å². The molecule has 1 aliphatic rings. The van der Waals surface area contributed by atoms with Crippen LogP contribution >= 0.6 is 0 Å². The number of aliphatic hydroxyl groups excluding tert-OH is 1. The molecule has 0 bridgehead atoms. The second kappa shape index (κ2) is 11.1. The molecule has 0 aromatic rings. The Morgan fingerprint density at radius 2 is 1.75 bits per heavy atom. The first kappa shape index (κ1) is 17.5. The summed E-state index contributed by atoms with van der Waals surface area (Å²) in [5, 5.41) is 9.06. The standard InChI is InChI=1S/C17H34N2O/c1-3-4-5-6-7-8-9-10-11-16(2)17-18-12-13-19(17)14-15-20/h16,20H,3-15H2,1-2H3. The minimum atomic E-state index is 0.240. The molecule has 1 aliphatic heterocycles. The fourth-order valence-corrected chi connectivity index (χ4v) is 3.03. The quantitative estimate of drug-likeness (QED) is 0.552. The molecule has 0 amide bonds. The van der Waals surface area contributed by atoms with Gasteiger partial charge < -0.3 is 10.0 Å². The first-order chi connectivity index (χ1) is 9.79. The van der Waals surface area contributed by atoms with E-state index >= 15 is 0 Å². The summed E-state index contributed by atoms with van der Waals surface area (Å²) in [6.45, 7) is 7.46. The lowest BCUT2D eigenvalue weighted by Crippen LogP contribution is -2.34. The van der Waals surface area contributed by atoms with Crippen molar-refractivity contribution in [1.29, 1.82) is 0 Å². The molecule has 118 valence electrons. The molecule has 0 spiro atoms. The van der Waals surface area contributed by atoms with Crippen LogP contribution in [0, 0.1) is 5.92 Å². The van der Waals surface area contributed by atoms with Gasteiger partial charge in [0.05, 0.1) is 13.2 Å². The van der Waals surface area contributed by atoms with Crippen molar-refractivity contribution in [3.05, 3.63) is 0 Å². The molecule has 20 heavy (non-hydrogen) atoms. The van der Waals surface area contributed by atoms with E-state index in [2.05, 4.69) is 23.7 Å². The zero-order valence-corrected chi connectivity index (χ0v) is 13.6. The van der Waals surface area contributed by atoms with Crippen LogP contribution in [0.2, 0.25) is 0 Å². The maximum Gasteiger partial charge on any atom is 0.102 e. The van der Waals surface area contributed by atoms with E-state index in [9.17, 15) is 0 Å². The Morgan fingerprint density at radius 1 is 1.10 bits per heavy atom. The van der Waals surface area contributed by atoms with E-state index in [1.165, 1.54) is 63.6 Å². The maximum atomic E-state index is 9.06. The van der Waals surface area contributed by atoms with Crippen LogP contribution in [0.1, 0.15) is 71.6 Å². The molecule has 1 unspecified atom stereocenters. The number of β-amino-alcohol motifs (C(OH)–C–C–N with tert-alkyl or cyclic N) is 1. The van der Waals surface area contributed by atoms with Gasteiger partial charge in [-0.3, -0.25) is 4.99 Å².